The van der Waals surface area contributed by atoms with E-state index in [0.29, 0.717) is 46.3 Å². The normalized spacial score (nSPS) is 17.9. The number of halogens is 1. The number of carbonyl (C=O) groups is 1. The average Bonchev–Trinajstić information content (AvgIpc) is 3.35. The van der Waals surface area contributed by atoms with Gasteiger partial charge in [-0.05, 0) is 91.8 Å². The molecule has 1 aliphatic carbocycles. The van der Waals surface area contributed by atoms with E-state index in [1.54, 1.807) is 36.7 Å². The smallest absolute Gasteiger partial charge is 0.335 e. The summed E-state index contributed by atoms with van der Waals surface area (Å²) >= 11 is 1.36. The molecule has 3 heterocycles. The Kier molecular flexibility index (Phi) is 6.27. The van der Waals surface area contributed by atoms with E-state index in [9.17, 15) is 19.4 Å². The van der Waals surface area contributed by atoms with Crippen molar-refractivity contribution in [3.05, 3.63) is 87.7 Å². The Balaban J connectivity index is 1.46. The van der Waals surface area contributed by atoms with Gasteiger partial charge in [0.1, 0.15) is 28.4 Å². The van der Waals surface area contributed by atoms with E-state index in [1.165, 1.54) is 24.3 Å². The molecule has 0 saturated carbocycles. The van der Waals surface area contributed by atoms with Crippen LogP contribution in [0.4, 0.5) is 16.0 Å². The predicted octanol–water partition coefficient (Wildman–Crippen LogP) is 5.95. The highest BCUT2D eigenvalue weighted by molar-refractivity contribution is 7.15. The summed E-state index contributed by atoms with van der Waals surface area (Å²) < 4.78 is 13.7. The minimum Gasteiger partial charge on any atom is -0.478 e. The molecule has 4 aromatic rings. The molecular formula is C27H25FN4O3S. The molecule has 184 valence electrons. The van der Waals surface area contributed by atoms with Gasteiger partial charge in [0.25, 0.3) is 0 Å². The molecule has 0 spiro atoms. The minimum absolute atomic E-state index is 0.211. The van der Waals surface area contributed by atoms with E-state index < -0.39 is 17.7 Å². The van der Waals surface area contributed by atoms with Crippen LogP contribution in [0, 0.1) is 6.92 Å². The zero-order valence-corrected chi connectivity index (χ0v) is 20.6. The second-order valence-corrected chi connectivity index (χ2v) is 10.1. The number of alkyl halides is 1. The van der Waals surface area contributed by atoms with E-state index in [0.717, 1.165) is 22.4 Å². The first-order chi connectivity index (χ1) is 17.2. The van der Waals surface area contributed by atoms with E-state index in [-0.39, 0.29) is 5.56 Å². The number of fused-ring (bicyclic) bond motifs is 1. The van der Waals surface area contributed by atoms with Crippen LogP contribution >= 0.6 is 11.3 Å². The summed E-state index contributed by atoms with van der Waals surface area (Å²) in [5, 5.41) is 24.7. The number of nitrogens with one attached hydrogen (secondary N) is 1. The first-order valence-electron chi connectivity index (χ1n) is 11.6. The van der Waals surface area contributed by atoms with Gasteiger partial charge in [-0.15, -0.1) is 11.3 Å². The third-order valence-corrected chi connectivity index (χ3v) is 7.53. The fraction of sp³-hybridized carbons (Fsp3) is 0.259. The van der Waals surface area contributed by atoms with Crippen molar-refractivity contribution in [3.63, 3.8) is 0 Å². The molecule has 7 nitrogen and oxygen atoms in total. The number of aryl methyl sites for hydroxylation is 2. The number of aromatic nitrogens is 3. The third-order valence-electron chi connectivity index (χ3n) is 6.36. The van der Waals surface area contributed by atoms with Crippen molar-refractivity contribution in [2.45, 2.75) is 44.9 Å². The van der Waals surface area contributed by atoms with Gasteiger partial charge in [0.2, 0.25) is 0 Å². The number of benzene rings is 1. The van der Waals surface area contributed by atoms with E-state index >= 15 is 0 Å². The maximum atomic E-state index is 13.7. The Morgan fingerprint density at radius 3 is 2.78 bits per heavy atom. The highest BCUT2D eigenvalue weighted by atomic mass is 32.1. The van der Waals surface area contributed by atoms with Crippen LogP contribution in [-0.2, 0) is 12.0 Å². The van der Waals surface area contributed by atoms with Crippen LogP contribution in [0.15, 0.2) is 54.9 Å². The van der Waals surface area contributed by atoms with E-state index in [1.807, 2.05) is 19.1 Å². The molecule has 9 heteroatoms. The lowest BCUT2D eigenvalue weighted by molar-refractivity contribution is 0.0607. The average molecular weight is 505 g/mol. The molecule has 0 bridgehead atoms. The van der Waals surface area contributed by atoms with Crippen LogP contribution in [0.25, 0.3) is 10.6 Å². The summed E-state index contributed by atoms with van der Waals surface area (Å²) in [6.07, 6.45) is 4.10. The molecule has 5 rings (SSSR count). The van der Waals surface area contributed by atoms with Crippen molar-refractivity contribution in [1.29, 1.82) is 0 Å². The second kappa shape index (κ2) is 9.40. The van der Waals surface area contributed by atoms with Crippen molar-refractivity contribution in [1.82, 2.24) is 15.0 Å². The first-order valence-corrected chi connectivity index (χ1v) is 12.5. The SMILES string of the molecule is Cc1cc(Nc2cc(C(C)F)ccn2)nc(-c2cnc([C@]3(O)CCCc4cc(C(=O)O)ccc43)s2)c1. The van der Waals surface area contributed by atoms with Gasteiger partial charge < -0.3 is 15.5 Å². The number of aromatic carboxylic acids is 1. The Bertz CT molecular complexity index is 1450. The number of thiazole rings is 1. The van der Waals surface area contributed by atoms with Gasteiger partial charge in [-0.25, -0.2) is 24.1 Å². The van der Waals surface area contributed by atoms with Crippen molar-refractivity contribution >= 4 is 28.9 Å². The molecule has 0 amide bonds. The molecule has 0 saturated heterocycles. The quantitative estimate of drug-likeness (QED) is 0.298. The summed E-state index contributed by atoms with van der Waals surface area (Å²) in [6.45, 7) is 3.43. The van der Waals surface area contributed by atoms with Gasteiger partial charge >= 0.3 is 5.97 Å². The van der Waals surface area contributed by atoms with Crippen LogP contribution in [0.5, 0.6) is 0 Å². The number of carboxylic acid groups (broad SMARTS) is 1. The summed E-state index contributed by atoms with van der Waals surface area (Å²) in [5.41, 5.74) is 2.65. The second-order valence-electron chi connectivity index (χ2n) is 9.05. The summed E-state index contributed by atoms with van der Waals surface area (Å²) in [6, 6.07) is 12.0. The molecule has 2 atom stereocenters. The van der Waals surface area contributed by atoms with Crippen molar-refractivity contribution in [2.75, 3.05) is 5.32 Å². The standard InChI is InChI=1S/C27H25FN4O3S/c1-15-10-21(31-24(11-15)32-23-13-17(16(2)28)7-9-29-23)22-14-30-26(36-22)27(35)8-3-4-18-12-19(25(33)34)5-6-20(18)27/h5-7,9-14,16,35H,3-4,8H2,1-2H3,(H,33,34)(H,29,31,32)/t16?,27-/m0/s1. The van der Waals surface area contributed by atoms with Crippen molar-refractivity contribution in [3.8, 4) is 10.6 Å². The van der Waals surface area contributed by atoms with Gasteiger partial charge in [0, 0.05) is 12.4 Å². The van der Waals surface area contributed by atoms with Gasteiger partial charge in [0.15, 0.2) is 0 Å². The van der Waals surface area contributed by atoms with Gasteiger partial charge in [-0.2, -0.15) is 0 Å². The predicted molar refractivity (Wildman–Crippen MR) is 136 cm³/mol. The Morgan fingerprint density at radius 1 is 1.17 bits per heavy atom. The molecular weight excluding hydrogens is 479 g/mol. The first kappa shape index (κ1) is 24.0. The van der Waals surface area contributed by atoms with Gasteiger partial charge in [-0.3, -0.25) is 0 Å². The molecule has 0 aliphatic heterocycles. The maximum Gasteiger partial charge on any atom is 0.335 e. The molecule has 3 aromatic heterocycles. The molecule has 3 N–H and O–H groups in total. The molecule has 36 heavy (non-hydrogen) atoms. The molecule has 1 aliphatic rings. The number of aliphatic hydroxyl groups is 1. The van der Waals surface area contributed by atoms with Crippen molar-refractivity contribution in [2.24, 2.45) is 0 Å². The number of hydrogen-bond acceptors (Lipinski definition) is 7. The summed E-state index contributed by atoms with van der Waals surface area (Å²) in [7, 11) is 0. The number of rotatable bonds is 6. The number of hydrogen-bond donors (Lipinski definition) is 3. The van der Waals surface area contributed by atoms with Gasteiger partial charge in [-0.1, -0.05) is 6.07 Å². The van der Waals surface area contributed by atoms with Crippen LogP contribution in [0.1, 0.15) is 63.6 Å². The third kappa shape index (κ3) is 4.59. The Hall–Kier alpha value is -3.69. The van der Waals surface area contributed by atoms with Crippen molar-refractivity contribution < 1.29 is 19.4 Å². The van der Waals surface area contributed by atoms with Gasteiger partial charge in [0.05, 0.1) is 16.1 Å². The van der Waals surface area contributed by atoms with Crippen LogP contribution in [0.3, 0.4) is 0 Å². The number of pyridine rings is 2. The zero-order valence-electron chi connectivity index (χ0n) is 19.8. The highest BCUT2D eigenvalue weighted by Crippen LogP contribution is 2.43. The highest BCUT2D eigenvalue weighted by Gasteiger charge is 2.39. The lowest BCUT2D eigenvalue weighted by Gasteiger charge is -2.33. The van der Waals surface area contributed by atoms with Crippen LogP contribution in [-0.4, -0.2) is 31.1 Å². The summed E-state index contributed by atoms with van der Waals surface area (Å²) in [4.78, 5) is 25.7. The molecule has 1 aromatic carbocycles. The molecule has 1 unspecified atom stereocenters. The Labute approximate surface area is 211 Å². The maximum absolute atomic E-state index is 13.7. The fourth-order valence-corrected chi connectivity index (χ4v) is 5.57. The monoisotopic (exact) mass is 504 g/mol. The number of carboxylic acids is 1. The van der Waals surface area contributed by atoms with E-state index in [4.69, 9.17) is 4.98 Å². The molecule has 0 fully saturated rings. The van der Waals surface area contributed by atoms with E-state index in [2.05, 4.69) is 15.3 Å². The lowest BCUT2D eigenvalue weighted by Crippen LogP contribution is -2.32. The number of nitrogens with zero attached hydrogens (tertiary/aromatic N) is 3. The minimum atomic E-state index is -1.29. The zero-order chi connectivity index (χ0) is 25.4. The lowest BCUT2D eigenvalue weighted by atomic mass is 9.79. The largest absolute Gasteiger partial charge is 0.478 e. The summed E-state index contributed by atoms with van der Waals surface area (Å²) in [5.74, 6) is 0.0819. The Morgan fingerprint density at radius 2 is 2.00 bits per heavy atom. The fourth-order valence-electron chi connectivity index (χ4n) is 4.56. The molecule has 0 radical (unpaired) electrons. The topological polar surface area (TPSA) is 108 Å². The van der Waals surface area contributed by atoms with Crippen LogP contribution in [0.2, 0.25) is 0 Å². The number of anilines is 2. The van der Waals surface area contributed by atoms with Crippen LogP contribution < -0.4 is 5.32 Å².